The number of halogens is 1. The molecule has 0 aliphatic heterocycles. The number of nitrogens with two attached hydrogens (primary N) is 1. The Kier molecular flexibility index (Phi) is 4.46. The van der Waals surface area contributed by atoms with Crippen molar-refractivity contribution < 1.29 is 12.8 Å². The highest BCUT2D eigenvalue weighted by atomic mass is 32.2. The van der Waals surface area contributed by atoms with E-state index in [1.54, 1.807) is 6.92 Å². The molecule has 0 atom stereocenters. The summed E-state index contributed by atoms with van der Waals surface area (Å²) in [6.45, 7) is 1.79. The third-order valence-corrected chi connectivity index (χ3v) is 5.32. The van der Waals surface area contributed by atoms with E-state index in [2.05, 4.69) is 4.72 Å². The van der Waals surface area contributed by atoms with Crippen molar-refractivity contribution in [3.8, 4) is 0 Å². The maximum atomic E-state index is 13.5. The molecule has 1 aromatic rings. The lowest BCUT2D eigenvalue weighted by atomic mass is 9.83. The molecule has 112 valence electrons. The number of nitrogens with one attached hydrogen (secondary N) is 1. The highest BCUT2D eigenvalue weighted by Crippen LogP contribution is 2.25. The summed E-state index contributed by atoms with van der Waals surface area (Å²) >= 11 is 0. The zero-order chi connectivity index (χ0) is 14.8. The smallest absolute Gasteiger partial charge is 0.240 e. The largest absolute Gasteiger partial charge is 0.324 e. The van der Waals surface area contributed by atoms with Gasteiger partial charge in [-0.1, -0.05) is 25.3 Å². The van der Waals surface area contributed by atoms with Crippen LogP contribution in [-0.4, -0.2) is 20.5 Å². The van der Waals surface area contributed by atoms with Crippen LogP contribution in [0.15, 0.2) is 23.1 Å². The van der Waals surface area contributed by atoms with Gasteiger partial charge in [-0.15, -0.1) is 0 Å². The minimum absolute atomic E-state index is 0.0555. The Balaban J connectivity index is 2.09. The van der Waals surface area contributed by atoms with Gasteiger partial charge in [0.2, 0.25) is 10.0 Å². The molecule has 3 N–H and O–H groups in total. The fourth-order valence-electron chi connectivity index (χ4n) is 2.50. The first-order valence-corrected chi connectivity index (χ1v) is 8.35. The molecule has 0 unspecified atom stereocenters. The number of aryl methyl sites for hydroxylation is 1. The molecule has 20 heavy (non-hydrogen) atoms. The summed E-state index contributed by atoms with van der Waals surface area (Å²) < 4.78 is 40.3. The van der Waals surface area contributed by atoms with E-state index in [0.717, 1.165) is 38.2 Å². The van der Waals surface area contributed by atoms with Gasteiger partial charge in [0.15, 0.2) is 0 Å². The van der Waals surface area contributed by atoms with E-state index in [1.807, 2.05) is 0 Å². The minimum atomic E-state index is -3.71. The quantitative estimate of drug-likeness (QED) is 0.894. The maximum Gasteiger partial charge on any atom is 0.240 e. The van der Waals surface area contributed by atoms with E-state index in [-0.39, 0.29) is 11.4 Å². The van der Waals surface area contributed by atoms with Gasteiger partial charge in [0.05, 0.1) is 4.90 Å². The fraction of sp³-hybridized carbons (Fsp3) is 0.571. The van der Waals surface area contributed by atoms with Crippen LogP contribution in [0.25, 0.3) is 0 Å². The van der Waals surface area contributed by atoms with Gasteiger partial charge in [0.25, 0.3) is 0 Å². The van der Waals surface area contributed by atoms with E-state index in [9.17, 15) is 12.8 Å². The average molecular weight is 300 g/mol. The van der Waals surface area contributed by atoms with Gasteiger partial charge in [-0.05, 0) is 37.5 Å². The molecular formula is C14H21FN2O2S. The predicted molar refractivity (Wildman–Crippen MR) is 76.3 cm³/mol. The fourth-order valence-corrected chi connectivity index (χ4v) is 3.65. The van der Waals surface area contributed by atoms with Gasteiger partial charge >= 0.3 is 0 Å². The van der Waals surface area contributed by atoms with Crippen molar-refractivity contribution in [3.05, 3.63) is 29.6 Å². The van der Waals surface area contributed by atoms with Gasteiger partial charge in [-0.2, -0.15) is 0 Å². The van der Waals surface area contributed by atoms with Crippen molar-refractivity contribution in [2.45, 2.75) is 49.5 Å². The van der Waals surface area contributed by atoms with Crippen LogP contribution in [0.1, 0.15) is 37.7 Å². The predicted octanol–water partition coefficient (Wildman–Crippen LogP) is 2.07. The van der Waals surface area contributed by atoms with Crippen LogP contribution in [0.4, 0.5) is 4.39 Å². The Bertz CT molecular complexity index is 581. The molecule has 1 aromatic carbocycles. The summed E-state index contributed by atoms with van der Waals surface area (Å²) in [5, 5.41) is 0. The molecule has 0 saturated heterocycles. The van der Waals surface area contributed by atoms with E-state index in [0.29, 0.717) is 5.56 Å². The molecule has 0 radical (unpaired) electrons. The molecule has 2 rings (SSSR count). The molecule has 1 saturated carbocycles. The van der Waals surface area contributed by atoms with Crippen LogP contribution in [0.2, 0.25) is 0 Å². The summed E-state index contributed by atoms with van der Waals surface area (Å²) in [7, 11) is -3.71. The van der Waals surface area contributed by atoms with Crippen molar-refractivity contribution in [2.75, 3.05) is 6.54 Å². The van der Waals surface area contributed by atoms with Gasteiger partial charge in [0.1, 0.15) is 5.82 Å². The Hall–Kier alpha value is -0.980. The lowest BCUT2D eigenvalue weighted by Gasteiger charge is -2.33. The first-order valence-electron chi connectivity index (χ1n) is 6.87. The van der Waals surface area contributed by atoms with E-state index >= 15 is 0 Å². The SMILES string of the molecule is Cc1ccc(S(=O)(=O)NCC2(N)CCCCC2)cc1F. The molecule has 1 aliphatic carbocycles. The molecule has 1 aliphatic rings. The maximum absolute atomic E-state index is 13.5. The first kappa shape index (κ1) is 15.4. The Morgan fingerprint density at radius 2 is 1.95 bits per heavy atom. The number of benzene rings is 1. The third kappa shape index (κ3) is 3.56. The second-order valence-electron chi connectivity index (χ2n) is 5.66. The van der Waals surface area contributed by atoms with Gasteiger partial charge in [0, 0.05) is 12.1 Å². The third-order valence-electron chi connectivity index (χ3n) is 3.92. The second-order valence-corrected chi connectivity index (χ2v) is 7.43. The van der Waals surface area contributed by atoms with E-state index in [4.69, 9.17) is 5.73 Å². The number of rotatable bonds is 4. The lowest BCUT2D eigenvalue weighted by Crippen LogP contribution is -2.51. The second kappa shape index (κ2) is 5.79. The van der Waals surface area contributed by atoms with Crippen LogP contribution in [0, 0.1) is 12.7 Å². The van der Waals surface area contributed by atoms with Crippen LogP contribution in [-0.2, 0) is 10.0 Å². The normalized spacial score (nSPS) is 18.9. The zero-order valence-corrected chi connectivity index (χ0v) is 12.5. The Labute approximate surface area is 119 Å². The van der Waals surface area contributed by atoms with Crippen LogP contribution < -0.4 is 10.5 Å². The molecule has 0 heterocycles. The molecule has 0 spiro atoms. The number of hydrogen-bond donors (Lipinski definition) is 2. The Morgan fingerprint density at radius 1 is 1.30 bits per heavy atom. The standard InChI is InChI=1S/C14H21FN2O2S/c1-11-5-6-12(9-13(11)15)20(18,19)17-10-14(16)7-3-2-4-8-14/h5-6,9,17H,2-4,7-8,10,16H2,1H3. The molecule has 4 nitrogen and oxygen atoms in total. The molecule has 0 bridgehead atoms. The van der Waals surface area contributed by atoms with Crippen molar-refractivity contribution in [2.24, 2.45) is 5.73 Å². The van der Waals surface area contributed by atoms with Crippen molar-refractivity contribution in [3.63, 3.8) is 0 Å². The zero-order valence-electron chi connectivity index (χ0n) is 11.7. The van der Waals surface area contributed by atoms with Crippen LogP contribution >= 0.6 is 0 Å². The summed E-state index contributed by atoms with van der Waals surface area (Å²) in [4.78, 5) is -0.0555. The number of sulfonamides is 1. The van der Waals surface area contributed by atoms with Gasteiger partial charge in [-0.3, -0.25) is 0 Å². The van der Waals surface area contributed by atoms with Gasteiger partial charge < -0.3 is 5.73 Å². The van der Waals surface area contributed by atoms with Crippen LogP contribution in [0.3, 0.4) is 0 Å². The Morgan fingerprint density at radius 3 is 2.55 bits per heavy atom. The molecular weight excluding hydrogens is 279 g/mol. The monoisotopic (exact) mass is 300 g/mol. The highest BCUT2D eigenvalue weighted by molar-refractivity contribution is 7.89. The van der Waals surface area contributed by atoms with Crippen molar-refractivity contribution >= 4 is 10.0 Å². The van der Waals surface area contributed by atoms with Crippen molar-refractivity contribution in [1.82, 2.24) is 4.72 Å². The average Bonchev–Trinajstić information content (AvgIpc) is 2.41. The summed E-state index contributed by atoms with van der Waals surface area (Å²) in [6.07, 6.45) is 4.83. The topological polar surface area (TPSA) is 72.2 Å². The molecule has 0 aromatic heterocycles. The molecule has 1 fully saturated rings. The lowest BCUT2D eigenvalue weighted by molar-refractivity contribution is 0.296. The number of hydrogen-bond acceptors (Lipinski definition) is 3. The summed E-state index contributed by atoms with van der Waals surface area (Å²) in [5.41, 5.74) is 6.14. The van der Waals surface area contributed by atoms with Gasteiger partial charge in [-0.25, -0.2) is 17.5 Å². The highest BCUT2D eigenvalue weighted by Gasteiger charge is 2.29. The molecule has 6 heteroatoms. The first-order chi connectivity index (χ1) is 9.32. The minimum Gasteiger partial charge on any atom is -0.324 e. The molecule has 0 amide bonds. The summed E-state index contributed by atoms with van der Waals surface area (Å²) in [6, 6.07) is 3.91. The summed E-state index contributed by atoms with van der Waals surface area (Å²) in [5.74, 6) is -0.520. The van der Waals surface area contributed by atoms with Crippen molar-refractivity contribution in [1.29, 1.82) is 0 Å². The van der Waals surface area contributed by atoms with E-state index < -0.39 is 21.4 Å². The van der Waals surface area contributed by atoms with E-state index in [1.165, 1.54) is 12.1 Å². The van der Waals surface area contributed by atoms with Crippen LogP contribution in [0.5, 0.6) is 0 Å².